The Labute approximate surface area is 69.5 Å². The minimum atomic E-state index is -1.48. The smallest absolute Gasteiger partial charge is 0.341 e. The fraction of sp³-hybridized carbons (Fsp3) is 0.500. The fourth-order valence-corrected chi connectivity index (χ4v) is 0.520. The van der Waals surface area contributed by atoms with E-state index in [2.05, 4.69) is 4.84 Å². The Hall–Kier alpha value is -0.580. The van der Waals surface area contributed by atoms with Crippen LogP contribution in [-0.4, -0.2) is 22.6 Å². The van der Waals surface area contributed by atoms with Crippen molar-refractivity contribution in [3.8, 4) is 0 Å². The number of carbonyl (C=O) groups is 1. The van der Waals surface area contributed by atoms with Gasteiger partial charge in [-0.15, -0.1) is 11.6 Å². The molecule has 0 aromatic carbocycles. The lowest BCUT2D eigenvalue weighted by Gasteiger charge is -2.16. The molecule has 0 rings (SSSR count). The normalized spacial score (nSPS) is 16.6. The molecule has 0 heterocycles. The zero-order valence-corrected chi connectivity index (χ0v) is 6.84. The number of allylic oxidation sites excluding steroid dienone is 1. The summed E-state index contributed by atoms with van der Waals surface area (Å²) >= 11 is 5.29. The van der Waals surface area contributed by atoms with E-state index >= 15 is 0 Å². The molecule has 0 saturated carbocycles. The van der Waals surface area contributed by atoms with Crippen LogP contribution in [-0.2, 0) is 9.63 Å². The highest BCUT2D eigenvalue weighted by Gasteiger charge is 2.30. The van der Waals surface area contributed by atoms with Crippen molar-refractivity contribution in [2.45, 2.75) is 12.5 Å². The number of carboxylic acids is 1. The predicted octanol–water partition coefficient (Wildman–Crippen LogP) is 0.515. The predicted molar refractivity (Wildman–Crippen MR) is 41.2 cm³/mol. The number of hydrogen-bond donors (Lipinski definition) is 2. The Morgan fingerprint density at radius 2 is 2.45 bits per heavy atom. The maximum absolute atomic E-state index is 10.5. The Bertz CT molecular complexity index is 171. The summed E-state index contributed by atoms with van der Waals surface area (Å²) in [6.45, 7) is 1.33. The standard InChI is InChI=1S/C6H10ClNO3/c1-6(11-8,5(9)10)3-2-4-7/h2-3H,4,8H2,1H3,(H,9,10). The third-order valence-corrected chi connectivity index (χ3v) is 1.37. The molecule has 0 bridgehead atoms. The van der Waals surface area contributed by atoms with E-state index in [1.165, 1.54) is 19.1 Å². The van der Waals surface area contributed by atoms with Gasteiger partial charge in [0, 0.05) is 5.88 Å². The van der Waals surface area contributed by atoms with E-state index in [4.69, 9.17) is 22.6 Å². The molecule has 0 saturated heterocycles. The van der Waals surface area contributed by atoms with Crippen molar-refractivity contribution in [2.75, 3.05) is 5.88 Å². The van der Waals surface area contributed by atoms with Crippen LogP contribution in [0.4, 0.5) is 0 Å². The fourth-order valence-electron chi connectivity index (χ4n) is 0.430. The SMILES string of the molecule is CC(C=CCCl)(ON)C(=O)O. The van der Waals surface area contributed by atoms with Crippen molar-refractivity contribution < 1.29 is 14.7 Å². The van der Waals surface area contributed by atoms with Crippen LogP contribution in [0.15, 0.2) is 12.2 Å². The summed E-state index contributed by atoms with van der Waals surface area (Å²) in [6.07, 6.45) is 2.75. The quantitative estimate of drug-likeness (QED) is 0.375. The van der Waals surface area contributed by atoms with Gasteiger partial charge in [-0.05, 0) is 13.0 Å². The van der Waals surface area contributed by atoms with Crippen LogP contribution < -0.4 is 5.90 Å². The molecule has 0 aromatic rings. The van der Waals surface area contributed by atoms with Crippen LogP contribution in [0.2, 0.25) is 0 Å². The molecule has 0 spiro atoms. The summed E-state index contributed by atoms with van der Waals surface area (Å²) in [4.78, 5) is 14.7. The molecule has 64 valence electrons. The van der Waals surface area contributed by atoms with Gasteiger partial charge in [0.15, 0.2) is 0 Å². The summed E-state index contributed by atoms with van der Waals surface area (Å²) in [5.74, 6) is 3.85. The lowest BCUT2D eigenvalue weighted by atomic mass is 10.1. The number of rotatable bonds is 4. The number of alkyl halides is 1. The second-order valence-corrected chi connectivity index (χ2v) is 2.40. The summed E-state index contributed by atoms with van der Waals surface area (Å²) in [6, 6.07) is 0. The Kier molecular flexibility index (Phi) is 4.10. The molecule has 0 fully saturated rings. The molecule has 0 radical (unpaired) electrons. The largest absolute Gasteiger partial charge is 0.479 e. The minimum absolute atomic E-state index is 0.228. The van der Waals surface area contributed by atoms with E-state index < -0.39 is 11.6 Å². The maximum Gasteiger partial charge on any atom is 0.341 e. The van der Waals surface area contributed by atoms with Gasteiger partial charge in [0.25, 0.3) is 0 Å². The van der Waals surface area contributed by atoms with Gasteiger partial charge in [0.05, 0.1) is 0 Å². The van der Waals surface area contributed by atoms with Crippen molar-refractivity contribution in [1.82, 2.24) is 0 Å². The highest BCUT2D eigenvalue weighted by atomic mass is 35.5. The third kappa shape index (κ3) is 2.88. The number of nitrogens with two attached hydrogens (primary N) is 1. The lowest BCUT2D eigenvalue weighted by Crippen LogP contribution is -2.38. The monoisotopic (exact) mass is 179 g/mol. The van der Waals surface area contributed by atoms with E-state index in [0.717, 1.165) is 0 Å². The number of aliphatic carboxylic acids is 1. The van der Waals surface area contributed by atoms with Gasteiger partial charge in [0.1, 0.15) is 0 Å². The first-order valence-electron chi connectivity index (χ1n) is 2.92. The maximum atomic E-state index is 10.5. The molecule has 0 aliphatic carbocycles. The average Bonchev–Trinajstić information content (AvgIpc) is 2.00. The second-order valence-electron chi connectivity index (χ2n) is 2.09. The molecule has 0 aliphatic heterocycles. The Morgan fingerprint density at radius 3 is 2.73 bits per heavy atom. The summed E-state index contributed by atoms with van der Waals surface area (Å²) in [7, 11) is 0. The molecule has 1 unspecified atom stereocenters. The van der Waals surface area contributed by atoms with Gasteiger partial charge < -0.3 is 5.11 Å². The number of halogens is 1. The van der Waals surface area contributed by atoms with Gasteiger partial charge in [-0.3, -0.25) is 4.84 Å². The van der Waals surface area contributed by atoms with E-state index in [1.807, 2.05) is 0 Å². The van der Waals surface area contributed by atoms with Crippen LogP contribution in [0.5, 0.6) is 0 Å². The van der Waals surface area contributed by atoms with Gasteiger partial charge in [-0.1, -0.05) is 6.08 Å². The summed E-state index contributed by atoms with van der Waals surface area (Å²) in [5, 5.41) is 8.56. The topological polar surface area (TPSA) is 72.5 Å². The molecule has 1 atom stereocenters. The molecule has 0 aromatic heterocycles. The molecule has 5 heteroatoms. The van der Waals surface area contributed by atoms with Crippen molar-refractivity contribution in [1.29, 1.82) is 0 Å². The number of carboxylic acid groups (broad SMARTS) is 1. The first-order valence-corrected chi connectivity index (χ1v) is 3.45. The van der Waals surface area contributed by atoms with Crippen molar-refractivity contribution in [2.24, 2.45) is 5.90 Å². The van der Waals surface area contributed by atoms with Crippen LogP contribution in [0, 0.1) is 0 Å². The van der Waals surface area contributed by atoms with Gasteiger partial charge >= 0.3 is 5.97 Å². The Balaban J connectivity index is 4.34. The van der Waals surface area contributed by atoms with Crippen LogP contribution >= 0.6 is 11.6 Å². The highest BCUT2D eigenvalue weighted by molar-refractivity contribution is 6.18. The molecular formula is C6H10ClNO3. The van der Waals surface area contributed by atoms with E-state index in [9.17, 15) is 4.79 Å². The first-order chi connectivity index (χ1) is 5.06. The van der Waals surface area contributed by atoms with Gasteiger partial charge in [0.2, 0.25) is 5.60 Å². The van der Waals surface area contributed by atoms with Gasteiger partial charge in [-0.2, -0.15) is 0 Å². The third-order valence-electron chi connectivity index (χ3n) is 1.19. The average molecular weight is 180 g/mol. The van der Waals surface area contributed by atoms with E-state index in [0.29, 0.717) is 0 Å². The highest BCUT2D eigenvalue weighted by Crippen LogP contribution is 2.09. The van der Waals surface area contributed by atoms with Crippen molar-refractivity contribution in [3.63, 3.8) is 0 Å². The molecule has 11 heavy (non-hydrogen) atoms. The zero-order valence-electron chi connectivity index (χ0n) is 6.08. The molecule has 4 nitrogen and oxygen atoms in total. The Morgan fingerprint density at radius 1 is 1.91 bits per heavy atom. The van der Waals surface area contributed by atoms with Crippen molar-refractivity contribution >= 4 is 17.6 Å². The lowest BCUT2D eigenvalue weighted by molar-refractivity contribution is -0.157. The first kappa shape index (κ1) is 10.4. The van der Waals surface area contributed by atoms with Crippen LogP contribution in [0.25, 0.3) is 0 Å². The van der Waals surface area contributed by atoms with E-state index in [1.54, 1.807) is 0 Å². The second kappa shape index (κ2) is 4.33. The van der Waals surface area contributed by atoms with Gasteiger partial charge in [-0.25, -0.2) is 10.7 Å². The van der Waals surface area contributed by atoms with Crippen LogP contribution in [0.1, 0.15) is 6.92 Å². The summed E-state index contributed by atoms with van der Waals surface area (Å²) in [5.41, 5.74) is -1.48. The van der Waals surface area contributed by atoms with E-state index in [-0.39, 0.29) is 5.88 Å². The minimum Gasteiger partial charge on any atom is -0.479 e. The number of hydrogen-bond acceptors (Lipinski definition) is 3. The molecular weight excluding hydrogens is 170 g/mol. The zero-order chi connectivity index (χ0) is 8.91. The van der Waals surface area contributed by atoms with Crippen LogP contribution in [0.3, 0.4) is 0 Å². The van der Waals surface area contributed by atoms with Crippen molar-refractivity contribution in [3.05, 3.63) is 12.2 Å². The summed E-state index contributed by atoms with van der Waals surface area (Å²) < 4.78 is 0. The molecule has 0 aliphatic rings. The molecule has 0 amide bonds. The molecule has 3 N–H and O–H groups in total.